The third-order valence-corrected chi connectivity index (χ3v) is 10.0. The molecule has 0 saturated carbocycles. The molecular weight excluding hydrogens is 665 g/mol. The molecule has 0 aromatic heterocycles. The molecule has 2 aliphatic heterocycles. The molecule has 0 saturated heterocycles. The number of nitrogens with two attached hydrogens (primary N) is 1. The summed E-state index contributed by atoms with van der Waals surface area (Å²) in [4.78, 5) is 49.2. The molecule has 2 aliphatic rings. The molecule has 15 heteroatoms. The fourth-order valence-corrected chi connectivity index (χ4v) is 6.40. The van der Waals surface area contributed by atoms with Gasteiger partial charge in [-0.3, -0.25) is 14.4 Å². The molecular formula is C34H39F3N4O7S. The first-order chi connectivity index (χ1) is 22.8. The number of aryl methyl sites for hydroxylation is 2. The summed E-state index contributed by atoms with van der Waals surface area (Å²) < 4.78 is 58.3. The van der Waals surface area contributed by atoms with Crippen molar-refractivity contribution in [1.82, 2.24) is 4.90 Å². The summed E-state index contributed by atoms with van der Waals surface area (Å²) in [5.74, 6) is -3.80. The number of nitrogens with one attached hydrogen (secondary N) is 2. The number of hydrogen-bond acceptors (Lipinski definition) is 7. The second-order valence-electron chi connectivity index (χ2n) is 11.7. The van der Waals surface area contributed by atoms with Gasteiger partial charge in [0.2, 0.25) is 17.7 Å². The Balaban J connectivity index is 0.000000838. The Morgan fingerprint density at radius 3 is 2.31 bits per heavy atom. The molecule has 1 atom stereocenters. The normalized spacial score (nSPS) is 15.7. The van der Waals surface area contributed by atoms with Gasteiger partial charge in [-0.1, -0.05) is 31.2 Å². The highest BCUT2D eigenvalue weighted by Crippen LogP contribution is 2.29. The molecule has 0 spiro atoms. The lowest BCUT2D eigenvalue weighted by Gasteiger charge is -2.28. The van der Waals surface area contributed by atoms with Gasteiger partial charge in [0.15, 0.2) is 9.84 Å². The number of carboxylic acid groups (broad SMARTS) is 1. The zero-order chi connectivity index (χ0) is 36.7. The third-order valence-electron chi connectivity index (χ3n) is 7.80. The smallest absolute Gasteiger partial charge is 0.475 e. The monoisotopic (exact) mass is 704 g/mol. The number of hydrogen-bond donors (Lipinski definition) is 4. The van der Waals surface area contributed by atoms with E-state index in [2.05, 4.69) is 10.6 Å². The van der Waals surface area contributed by atoms with Gasteiger partial charge in [0.25, 0.3) is 0 Å². The number of carbonyl (C=O) groups is 4. The molecule has 3 aromatic rings. The molecule has 3 aromatic carbocycles. The van der Waals surface area contributed by atoms with Crippen molar-refractivity contribution in [3.05, 3.63) is 88.5 Å². The van der Waals surface area contributed by atoms with E-state index >= 15 is 0 Å². The minimum atomic E-state index is -5.08. The molecule has 49 heavy (non-hydrogen) atoms. The second-order valence-corrected chi connectivity index (χ2v) is 14.2. The zero-order valence-corrected chi connectivity index (χ0v) is 28.2. The maximum atomic E-state index is 14.1. The molecule has 264 valence electrons. The summed E-state index contributed by atoms with van der Waals surface area (Å²) in [5, 5.41) is 12.6. The Labute approximate surface area is 282 Å². The molecule has 0 radical (unpaired) electrons. The lowest BCUT2D eigenvalue weighted by molar-refractivity contribution is -0.192. The van der Waals surface area contributed by atoms with Gasteiger partial charge in [0.05, 0.1) is 10.1 Å². The van der Waals surface area contributed by atoms with Gasteiger partial charge >= 0.3 is 12.1 Å². The van der Waals surface area contributed by atoms with Crippen LogP contribution in [0.3, 0.4) is 0 Å². The van der Waals surface area contributed by atoms with Crippen molar-refractivity contribution in [2.75, 3.05) is 17.7 Å². The van der Waals surface area contributed by atoms with E-state index in [1.807, 2.05) is 25.1 Å². The Bertz CT molecular complexity index is 1830. The van der Waals surface area contributed by atoms with Gasteiger partial charge in [-0.2, -0.15) is 13.2 Å². The first-order valence-electron chi connectivity index (χ1n) is 15.3. The number of carbonyl (C=O) groups excluding carboxylic acids is 3. The number of primary amides is 1. The minimum Gasteiger partial charge on any atom is -0.475 e. The lowest BCUT2D eigenvalue weighted by atomic mass is 9.94. The fraction of sp³-hybridized carbons (Fsp3) is 0.353. The molecule has 0 aliphatic carbocycles. The highest BCUT2D eigenvalue weighted by atomic mass is 32.2. The molecule has 3 amide bonds. The van der Waals surface area contributed by atoms with E-state index in [-0.39, 0.29) is 23.3 Å². The van der Waals surface area contributed by atoms with Crippen molar-refractivity contribution < 1.29 is 45.9 Å². The number of sulfone groups is 1. The van der Waals surface area contributed by atoms with E-state index in [1.54, 1.807) is 57.3 Å². The van der Waals surface area contributed by atoms with Crippen molar-refractivity contribution in [2.45, 2.75) is 75.4 Å². The van der Waals surface area contributed by atoms with Crippen LogP contribution >= 0.6 is 0 Å². The number of benzene rings is 3. The van der Waals surface area contributed by atoms with Gasteiger partial charge in [-0.15, -0.1) is 0 Å². The Kier molecular flexibility index (Phi) is 12.6. The van der Waals surface area contributed by atoms with Crippen molar-refractivity contribution in [2.24, 2.45) is 5.73 Å². The molecule has 5 rings (SSSR count). The first kappa shape index (κ1) is 38.5. The highest BCUT2D eigenvalue weighted by Gasteiger charge is 2.38. The molecule has 11 nitrogen and oxygen atoms in total. The summed E-state index contributed by atoms with van der Waals surface area (Å²) in [6, 6.07) is 16.4. The van der Waals surface area contributed by atoms with Gasteiger partial charge in [0.1, 0.15) is 6.04 Å². The Hall–Kier alpha value is -4.92. The largest absolute Gasteiger partial charge is 0.490 e. The third kappa shape index (κ3) is 10.0. The number of anilines is 2. The van der Waals surface area contributed by atoms with E-state index in [0.29, 0.717) is 41.8 Å². The van der Waals surface area contributed by atoms with Crippen LogP contribution in [0.25, 0.3) is 0 Å². The van der Waals surface area contributed by atoms with Crippen molar-refractivity contribution in [3.8, 4) is 0 Å². The number of carboxylic acids is 1. The van der Waals surface area contributed by atoms with E-state index in [4.69, 9.17) is 15.6 Å². The highest BCUT2D eigenvalue weighted by molar-refractivity contribution is 7.92. The number of fused-ring (bicyclic) bond motifs is 9. The van der Waals surface area contributed by atoms with Crippen LogP contribution < -0.4 is 16.4 Å². The molecule has 1 unspecified atom stereocenters. The van der Waals surface area contributed by atoms with Gasteiger partial charge in [-0.05, 0) is 91.8 Å². The quantitative estimate of drug-likeness (QED) is 0.269. The van der Waals surface area contributed by atoms with Gasteiger partial charge < -0.3 is 26.4 Å². The van der Waals surface area contributed by atoms with Crippen molar-refractivity contribution in [3.63, 3.8) is 0 Å². The van der Waals surface area contributed by atoms with E-state index in [1.165, 1.54) is 11.0 Å². The van der Waals surface area contributed by atoms with E-state index in [9.17, 15) is 36.0 Å². The van der Waals surface area contributed by atoms with E-state index in [0.717, 1.165) is 23.1 Å². The lowest BCUT2D eigenvalue weighted by Crippen LogP contribution is -2.35. The molecule has 5 N–H and O–H groups in total. The number of rotatable bonds is 6. The van der Waals surface area contributed by atoms with Crippen LogP contribution in [0.1, 0.15) is 72.3 Å². The number of amides is 3. The maximum absolute atomic E-state index is 14.1. The number of alkyl halides is 3. The van der Waals surface area contributed by atoms with Crippen molar-refractivity contribution >= 4 is 44.9 Å². The van der Waals surface area contributed by atoms with Crippen molar-refractivity contribution in [1.29, 1.82) is 0 Å². The van der Waals surface area contributed by atoms with E-state index < -0.39 is 39.2 Å². The van der Waals surface area contributed by atoms with Gasteiger partial charge in [0, 0.05) is 37.0 Å². The second kappa shape index (κ2) is 16.0. The minimum absolute atomic E-state index is 0.0119. The Morgan fingerprint density at radius 1 is 1.04 bits per heavy atom. The first-order valence-corrected chi connectivity index (χ1v) is 16.9. The van der Waals surface area contributed by atoms with Crippen LogP contribution in [-0.4, -0.2) is 60.6 Å². The van der Waals surface area contributed by atoms with Crippen LogP contribution in [0.4, 0.5) is 24.5 Å². The summed E-state index contributed by atoms with van der Waals surface area (Å²) >= 11 is 0. The van der Waals surface area contributed by atoms with Crippen LogP contribution in [0.15, 0.2) is 65.6 Å². The number of nitrogens with zero attached hydrogens (tertiary/aromatic N) is 1. The maximum Gasteiger partial charge on any atom is 0.490 e. The number of aliphatic carboxylic acids is 1. The zero-order valence-electron chi connectivity index (χ0n) is 27.4. The average Bonchev–Trinajstić information content (AvgIpc) is 3.03. The molecule has 4 bridgehead atoms. The summed E-state index contributed by atoms with van der Waals surface area (Å²) in [5.41, 5.74) is 10.1. The summed E-state index contributed by atoms with van der Waals surface area (Å²) in [6.45, 7) is 5.25. The van der Waals surface area contributed by atoms with Crippen LogP contribution in [-0.2, 0) is 43.6 Å². The SMILES string of the molecule is CCc1cc2ccc1CCCC(=O)Nc1ccc(S(=O)(=O)C(C)C)c(c1)CN(C)C(=O)C2Nc1cccc(C(N)=O)c1.O=C(O)C(F)(F)F. The Morgan fingerprint density at radius 2 is 1.71 bits per heavy atom. The fourth-order valence-electron chi connectivity index (χ4n) is 5.14. The summed E-state index contributed by atoms with van der Waals surface area (Å²) in [6.07, 6.45) is -2.70. The summed E-state index contributed by atoms with van der Waals surface area (Å²) in [7, 11) is -2.06. The topological polar surface area (TPSA) is 176 Å². The standard InChI is InChI=1S/C32H38N4O5S.C2HF3O2/c1-5-21-16-23-13-12-22(21)8-7-11-29(37)34-27-14-15-28(42(40,41)20(2)3)25(18-27)19-36(4)32(39)30(23)35-26-10-6-9-24(17-26)31(33)38;3-2(4,5)1(6)7/h6,9-10,12-18,20,30,35H,5,7-8,11,19H2,1-4H3,(H2,33,38)(H,34,37);(H,6,7). The predicted molar refractivity (Wildman–Crippen MR) is 178 cm³/mol. The number of halogens is 3. The van der Waals surface area contributed by atoms with Crippen LogP contribution in [0, 0.1) is 0 Å². The predicted octanol–water partition coefficient (Wildman–Crippen LogP) is 5.25. The van der Waals surface area contributed by atoms with Crippen LogP contribution in [0.2, 0.25) is 0 Å². The van der Waals surface area contributed by atoms with Gasteiger partial charge in [-0.25, -0.2) is 13.2 Å². The average molecular weight is 705 g/mol. The molecule has 0 fully saturated rings. The van der Waals surface area contributed by atoms with Crippen LogP contribution in [0.5, 0.6) is 0 Å². The molecule has 2 heterocycles. The number of likely N-dealkylation sites (N-methyl/N-ethyl adjacent to an activating group) is 1.